The third-order valence-corrected chi connectivity index (χ3v) is 5.39. The maximum Gasteiger partial charge on any atom is 0.142 e. The summed E-state index contributed by atoms with van der Waals surface area (Å²) in [5.41, 5.74) is 1.06. The van der Waals surface area contributed by atoms with Crippen molar-refractivity contribution in [2.75, 3.05) is 12.9 Å². The zero-order chi connectivity index (χ0) is 15.2. The molecule has 22 heavy (non-hydrogen) atoms. The van der Waals surface area contributed by atoms with Crippen molar-refractivity contribution in [1.29, 1.82) is 0 Å². The zero-order valence-corrected chi connectivity index (χ0v) is 13.8. The van der Waals surface area contributed by atoms with Gasteiger partial charge >= 0.3 is 0 Å². The Morgan fingerprint density at radius 2 is 2.05 bits per heavy atom. The quantitative estimate of drug-likeness (QED) is 0.780. The van der Waals surface area contributed by atoms with Crippen molar-refractivity contribution in [1.82, 2.24) is 14.8 Å². The van der Waals surface area contributed by atoms with Crippen LogP contribution in [0.15, 0.2) is 36.7 Å². The van der Waals surface area contributed by atoms with Gasteiger partial charge in [0.1, 0.15) is 12.2 Å². The van der Waals surface area contributed by atoms with E-state index in [4.69, 9.17) is 4.74 Å². The molecule has 5 heteroatoms. The van der Waals surface area contributed by atoms with Crippen LogP contribution in [0.1, 0.15) is 31.5 Å². The number of benzene rings is 1. The molecule has 1 heterocycles. The van der Waals surface area contributed by atoms with E-state index in [2.05, 4.69) is 22.2 Å². The molecule has 0 radical (unpaired) electrons. The van der Waals surface area contributed by atoms with Gasteiger partial charge in [0, 0.05) is 12.9 Å². The van der Waals surface area contributed by atoms with Crippen LogP contribution in [0.5, 0.6) is 0 Å². The predicted molar refractivity (Wildman–Crippen MR) is 90.3 cm³/mol. The third-order valence-electron chi connectivity index (χ3n) is 4.36. The maximum absolute atomic E-state index is 5.70. The molecule has 1 aromatic heterocycles. The van der Waals surface area contributed by atoms with Gasteiger partial charge in [0.2, 0.25) is 0 Å². The molecule has 1 atom stereocenters. The minimum absolute atomic E-state index is 0.376. The number of ether oxygens (including phenoxy) is 1. The van der Waals surface area contributed by atoms with Gasteiger partial charge in [0.15, 0.2) is 0 Å². The molecule has 0 spiro atoms. The summed E-state index contributed by atoms with van der Waals surface area (Å²) < 4.78 is 7.63. The molecule has 2 aromatic rings. The standard InChI is InChI=1S/C17H23N3OS/c1-21-16(14-7-5-6-8-14)11-22-12-17-18-13-19-20(17)15-9-3-2-4-10-15/h2-4,9-10,13-14,16H,5-8,11-12H2,1H3. The van der Waals surface area contributed by atoms with Crippen LogP contribution in [-0.4, -0.2) is 33.7 Å². The summed E-state index contributed by atoms with van der Waals surface area (Å²) in [4.78, 5) is 4.40. The molecule has 1 aliphatic carbocycles. The molecule has 1 unspecified atom stereocenters. The average Bonchev–Trinajstić information content (AvgIpc) is 3.24. The fourth-order valence-corrected chi connectivity index (χ4v) is 4.28. The molecule has 0 aliphatic heterocycles. The van der Waals surface area contributed by atoms with E-state index in [1.807, 2.05) is 41.8 Å². The zero-order valence-electron chi connectivity index (χ0n) is 13.0. The summed E-state index contributed by atoms with van der Waals surface area (Å²) in [6, 6.07) is 10.2. The van der Waals surface area contributed by atoms with Crippen molar-refractivity contribution in [2.45, 2.75) is 37.5 Å². The molecular weight excluding hydrogens is 294 g/mol. The van der Waals surface area contributed by atoms with Crippen molar-refractivity contribution < 1.29 is 4.74 Å². The Labute approximate surface area is 136 Å². The lowest BCUT2D eigenvalue weighted by atomic mass is 10.0. The summed E-state index contributed by atoms with van der Waals surface area (Å²) in [6.45, 7) is 0. The first kappa shape index (κ1) is 15.6. The highest BCUT2D eigenvalue weighted by atomic mass is 32.2. The van der Waals surface area contributed by atoms with Gasteiger partial charge in [0.05, 0.1) is 17.5 Å². The van der Waals surface area contributed by atoms with Crippen LogP contribution in [-0.2, 0) is 10.5 Å². The normalized spacial score (nSPS) is 17.0. The lowest BCUT2D eigenvalue weighted by molar-refractivity contribution is 0.0731. The van der Waals surface area contributed by atoms with Gasteiger partial charge in [-0.3, -0.25) is 0 Å². The highest BCUT2D eigenvalue weighted by Gasteiger charge is 2.24. The molecule has 3 rings (SSSR count). The second-order valence-electron chi connectivity index (χ2n) is 5.76. The van der Waals surface area contributed by atoms with Crippen molar-refractivity contribution in [3.63, 3.8) is 0 Å². The molecule has 1 aliphatic rings. The number of hydrogen-bond acceptors (Lipinski definition) is 4. The molecule has 118 valence electrons. The van der Waals surface area contributed by atoms with Gasteiger partial charge in [-0.05, 0) is 30.9 Å². The molecule has 4 nitrogen and oxygen atoms in total. The number of hydrogen-bond donors (Lipinski definition) is 0. The van der Waals surface area contributed by atoms with E-state index in [9.17, 15) is 0 Å². The van der Waals surface area contributed by atoms with Gasteiger partial charge in [0.25, 0.3) is 0 Å². The first-order chi connectivity index (χ1) is 10.9. The first-order valence-electron chi connectivity index (χ1n) is 7.93. The van der Waals surface area contributed by atoms with Crippen LogP contribution in [0.2, 0.25) is 0 Å². The maximum atomic E-state index is 5.70. The number of para-hydroxylation sites is 1. The third kappa shape index (κ3) is 3.70. The van der Waals surface area contributed by atoms with Crippen LogP contribution in [0.25, 0.3) is 5.69 Å². The van der Waals surface area contributed by atoms with Gasteiger partial charge in [-0.2, -0.15) is 16.9 Å². The monoisotopic (exact) mass is 317 g/mol. The Morgan fingerprint density at radius 3 is 2.77 bits per heavy atom. The average molecular weight is 317 g/mol. The molecule has 0 N–H and O–H groups in total. The van der Waals surface area contributed by atoms with E-state index in [0.29, 0.717) is 6.10 Å². The molecular formula is C17H23N3OS. The van der Waals surface area contributed by atoms with Gasteiger partial charge in [-0.25, -0.2) is 9.67 Å². The number of rotatable bonds is 7. The Hall–Kier alpha value is -1.33. The fraction of sp³-hybridized carbons (Fsp3) is 0.529. The highest BCUT2D eigenvalue weighted by Crippen LogP contribution is 2.31. The molecule has 1 saturated carbocycles. The van der Waals surface area contributed by atoms with Crippen LogP contribution in [0, 0.1) is 5.92 Å². The number of thioether (sulfide) groups is 1. The topological polar surface area (TPSA) is 39.9 Å². The highest BCUT2D eigenvalue weighted by molar-refractivity contribution is 7.98. The number of aromatic nitrogens is 3. The second-order valence-corrected chi connectivity index (χ2v) is 6.79. The number of methoxy groups -OCH3 is 1. The second kappa shape index (κ2) is 7.79. The van der Waals surface area contributed by atoms with Crippen LogP contribution < -0.4 is 0 Å². The minimum atomic E-state index is 0.376. The number of nitrogens with zero attached hydrogens (tertiary/aromatic N) is 3. The molecule has 1 aromatic carbocycles. The van der Waals surface area contributed by atoms with E-state index >= 15 is 0 Å². The summed E-state index contributed by atoms with van der Waals surface area (Å²) >= 11 is 1.89. The summed E-state index contributed by atoms with van der Waals surface area (Å²) in [7, 11) is 1.84. The van der Waals surface area contributed by atoms with E-state index in [-0.39, 0.29) is 0 Å². The largest absolute Gasteiger partial charge is 0.380 e. The van der Waals surface area contributed by atoms with E-state index in [0.717, 1.165) is 28.9 Å². The van der Waals surface area contributed by atoms with Crippen LogP contribution in [0.3, 0.4) is 0 Å². The lowest BCUT2D eigenvalue weighted by Crippen LogP contribution is -2.23. The fourth-order valence-electron chi connectivity index (χ4n) is 3.14. The van der Waals surface area contributed by atoms with Gasteiger partial charge < -0.3 is 4.74 Å². The Kier molecular flexibility index (Phi) is 5.51. The molecule has 0 amide bonds. The Bertz CT molecular complexity index is 566. The van der Waals surface area contributed by atoms with Crippen molar-refractivity contribution in [3.8, 4) is 5.69 Å². The van der Waals surface area contributed by atoms with Crippen molar-refractivity contribution in [3.05, 3.63) is 42.5 Å². The van der Waals surface area contributed by atoms with E-state index < -0.39 is 0 Å². The smallest absolute Gasteiger partial charge is 0.142 e. The van der Waals surface area contributed by atoms with Gasteiger partial charge in [-0.1, -0.05) is 31.0 Å². The molecule has 0 bridgehead atoms. The molecule has 1 fully saturated rings. The van der Waals surface area contributed by atoms with E-state index in [1.165, 1.54) is 25.7 Å². The van der Waals surface area contributed by atoms with Crippen LogP contribution >= 0.6 is 11.8 Å². The summed E-state index contributed by atoms with van der Waals surface area (Å²) in [5, 5.41) is 4.34. The van der Waals surface area contributed by atoms with Crippen molar-refractivity contribution in [2.24, 2.45) is 5.92 Å². The molecule has 0 saturated heterocycles. The van der Waals surface area contributed by atoms with Crippen molar-refractivity contribution >= 4 is 11.8 Å². The lowest BCUT2D eigenvalue weighted by Gasteiger charge is -2.21. The van der Waals surface area contributed by atoms with Crippen LogP contribution in [0.4, 0.5) is 0 Å². The van der Waals surface area contributed by atoms with Gasteiger partial charge in [-0.15, -0.1) is 0 Å². The SMILES string of the molecule is COC(CSCc1ncnn1-c1ccccc1)C1CCCC1. The van der Waals surface area contributed by atoms with E-state index in [1.54, 1.807) is 6.33 Å². The minimum Gasteiger partial charge on any atom is -0.380 e. The Morgan fingerprint density at radius 1 is 1.27 bits per heavy atom. The Balaban J connectivity index is 1.57. The predicted octanol–water partition coefficient (Wildman–Crippen LogP) is 3.71. The first-order valence-corrected chi connectivity index (χ1v) is 9.09. The summed E-state index contributed by atoms with van der Waals surface area (Å²) in [5.74, 6) is 3.63. The summed E-state index contributed by atoms with van der Waals surface area (Å²) in [6.07, 6.45) is 7.36.